The molecule has 3 N–H and O–H groups in total. The topological polar surface area (TPSA) is 113 Å². The van der Waals surface area contributed by atoms with Gasteiger partial charge in [0.1, 0.15) is 18.2 Å². The van der Waals surface area contributed by atoms with Crippen molar-refractivity contribution in [3.05, 3.63) is 47.7 Å². The van der Waals surface area contributed by atoms with Gasteiger partial charge in [-0.1, -0.05) is 58.0 Å². The number of hydrogen-bond acceptors (Lipinski definition) is 6. The Morgan fingerprint density at radius 3 is 2.49 bits per heavy atom. The van der Waals surface area contributed by atoms with E-state index in [1.54, 1.807) is 6.92 Å². The molecule has 0 radical (unpaired) electrons. The Labute approximate surface area is 230 Å². The molecule has 9 heteroatoms. The van der Waals surface area contributed by atoms with Gasteiger partial charge in [0.15, 0.2) is 0 Å². The molecule has 210 valence electrons. The van der Waals surface area contributed by atoms with Crippen LogP contribution in [-0.4, -0.2) is 59.1 Å². The first-order valence-electron chi connectivity index (χ1n) is 13.8. The van der Waals surface area contributed by atoms with E-state index in [9.17, 15) is 14.4 Å². The summed E-state index contributed by atoms with van der Waals surface area (Å²) in [6.45, 7) is 12.3. The monoisotopic (exact) mass is 535 g/mol. The third-order valence-electron chi connectivity index (χ3n) is 7.26. The van der Waals surface area contributed by atoms with Crippen molar-refractivity contribution in [1.82, 2.24) is 26.1 Å². The van der Waals surface area contributed by atoms with Crippen LogP contribution in [0.15, 0.2) is 36.4 Å². The molecule has 4 atom stereocenters. The number of benzene rings is 1. The quantitative estimate of drug-likeness (QED) is 0.515. The molecule has 3 heterocycles. The number of amides is 3. The van der Waals surface area contributed by atoms with Crippen LogP contribution in [0.3, 0.4) is 0 Å². The van der Waals surface area contributed by atoms with E-state index in [0.717, 1.165) is 22.2 Å². The van der Waals surface area contributed by atoms with Crippen molar-refractivity contribution in [2.45, 2.75) is 78.6 Å². The van der Waals surface area contributed by atoms with Crippen molar-refractivity contribution in [3.8, 4) is 0 Å². The number of carbonyl (C=O) groups excluding carboxylic acids is 3. The number of fused-ring (bicyclic) bond motifs is 4. The maximum atomic E-state index is 13.2. The lowest BCUT2D eigenvalue weighted by Crippen LogP contribution is -2.61. The summed E-state index contributed by atoms with van der Waals surface area (Å²) < 4.78 is 6.13. The summed E-state index contributed by atoms with van der Waals surface area (Å²) in [5.74, 6) is -0.904. The Kier molecular flexibility index (Phi) is 8.71. The fourth-order valence-electron chi connectivity index (χ4n) is 4.85. The average molecular weight is 536 g/mol. The molecular formula is C30H41N5O4. The molecule has 2 aromatic rings. The van der Waals surface area contributed by atoms with Crippen LogP contribution in [0.4, 0.5) is 0 Å². The standard InChI is InChI=1S/C30H41N5O4/c1-18(2)26-28(37)32-20(4)29(38)35-15-7-8-24(34-35)27(36)31-19(3)23-12-11-22-10-9-21(16-25(22)33-23)13-14-30(5,6)17-39-26/h9-14,16,18-20,24,26,34H,7-8,15,17H2,1-6H3,(H,31,36)(H,32,37)/t19-,20+,24+,26+/m1/s1. The van der Waals surface area contributed by atoms with Crippen LogP contribution in [0.2, 0.25) is 0 Å². The van der Waals surface area contributed by atoms with Gasteiger partial charge in [0, 0.05) is 17.3 Å². The van der Waals surface area contributed by atoms with Crippen LogP contribution in [0.1, 0.15) is 71.7 Å². The van der Waals surface area contributed by atoms with Crippen molar-refractivity contribution in [2.75, 3.05) is 13.2 Å². The lowest BCUT2D eigenvalue weighted by atomic mass is 9.93. The molecule has 1 aromatic carbocycles. The molecule has 0 spiro atoms. The molecular weight excluding hydrogens is 494 g/mol. The van der Waals surface area contributed by atoms with Crippen molar-refractivity contribution >= 4 is 34.7 Å². The van der Waals surface area contributed by atoms with E-state index in [1.165, 1.54) is 5.01 Å². The maximum absolute atomic E-state index is 13.2. The highest BCUT2D eigenvalue weighted by Crippen LogP contribution is 2.24. The van der Waals surface area contributed by atoms with Gasteiger partial charge in [-0.05, 0) is 50.3 Å². The van der Waals surface area contributed by atoms with Crippen LogP contribution in [0, 0.1) is 11.3 Å². The van der Waals surface area contributed by atoms with Crippen molar-refractivity contribution in [3.63, 3.8) is 0 Å². The molecule has 3 amide bonds. The highest BCUT2D eigenvalue weighted by atomic mass is 16.5. The zero-order valence-electron chi connectivity index (χ0n) is 23.8. The number of ether oxygens (including phenoxy) is 1. The molecule has 0 aliphatic carbocycles. The Hall–Kier alpha value is -3.30. The second-order valence-electron chi connectivity index (χ2n) is 11.8. The summed E-state index contributed by atoms with van der Waals surface area (Å²) in [4.78, 5) is 44.3. The minimum Gasteiger partial charge on any atom is -0.367 e. The third-order valence-corrected chi connectivity index (χ3v) is 7.26. The van der Waals surface area contributed by atoms with E-state index in [2.05, 4.69) is 36.0 Å². The van der Waals surface area contributed by atoms with Crippen LogP contribution >= 0.6 is 0 Å². The number of hydrazine groups is 1. The summed E-state index contributed by atoms with van der Waals surface area (Å²) in [6, 6.07) is 8.39. The van der Waals surface area contributed by atoms with Gasteiger partial charge in [0.05, 0.1) is 23.9 Å². The van der Waals surface area contributed by atoms with Crippen LogP contribution < -0.4 is 16.1 Å². The van der Waals surface area contributed by atoms with Crippen LogP contribution in [0.5, 0.6) is 0 Å². The number of rotatable bonds is 1. The smallest absolute Gasteiger partial charge is 0.258 e. The van der Waals surface area contributed by atoms with E-state index in [4.69, 9.17) is 9.72 Å². The Morgan fingerprint density at radius 1 is 1.03 bits per heavy atom. The minimum atomic E-state index is -0.778. The molecule has 0 saturated carbocycles. The first-order valence-corrected chi connectivity index (χ1v) is 13.8. The number of aromatic nitrogens is 1. The lowest BCUT2D eigenvalue weighted by molar-refractivity contribution is -0.146. The number of nitrogens with zero attached hydrogens (tertiary/aromatic N) is 2. The van der Waals surface area contributed by atoms with E-state index >= 15 is 0 Å². The molecule has 2 aliphatic heterocycles. The molecule has 4 rings (SSSR count). The van der Waals surface area contributed by atoms with Gasteiger partial charge in [-0.2, -0.15) is 0 Å². The first-order chi connectivity index (χ1) is 18.4. The maximum Gasteiger partial charge on any atom is 0.258 e. The van der Waals surface area contributed by atoms with Crippen molar-refractivity contribution in [1.29, 1.82) is 0 Å². The molecule has 2 aliphatic rings. The number of nitrogens with one attached hydrogen (secondary N) is 3. The van der Waals surface area contributed by atoms with Gasteiger partial charge in [-0.15, -0.1) is 0 Å². The molecule has 39 heavy (non-hydrogen) atoms. The Morgan fingerprint density at radius 2 is 1.74 bits per heavy atom. The summed E-state index contributed by atoms with van der Waals surface area (Å²) in [5.41, 5.74) is 5.32. The van der Waals surface area contributed by atoms with E-state index in [-0.39, 0.29) is 35.1 Å². The number of pyridine rings is 1. The highest BCUT2D eigenvalue weighted by molar-refractivity contribution is 5.90. The molecule has 0 unspecified atom stereocenters. The summed E-state index contributed by atoms with van der Waals surface area (Å²) in [7, 11) is 0. The van der Waals surface area contributed by atoms with Gasteiger partial charge >= 0.3 is 0 Å². The molecule has 1 aromatic heterocycles. The minimum absolute atomic E-state index is 0.0855. The van der Waals surface area contributed by atoms with Crippen LogP contribution in [0.25, 0.3) is 17.0 Å². The predicted octanol–water partition coefficient (Wildman–Crippen LogP) is 3.51. The largest absolute Gasteiger partial charge is 0.367 e. The van der Waals surface area contributed by atoms with Gasteiger partial charge in [-0.25, -0.2) is 5.43 Å². The highest BCUT2D eigenvalue weighted by Gasteiger charge is 2.33. The predicted molar refractivity (Wildman–Crippen MR) is 151 cm³/mol. The summed E-state index contributed by atoms with van der Waals surface area (Å²) in [5, 5.41) is 8.33. The van der Waals surface area contributed by atoms with Gasteiger partial charge in [0.2, 0.25) is 11.8 Å². The first kappa shape index (κ1) is 28.7. The molecule has 1 saturated heterocycles. The fraction of sp³-hybridized carbons (Fsp3) is 0.533. The van der Waals surface area contributed by atoms with Gasteiger partial charge in [0.25, 0.3) is 5.91 Å². The number of carbonyl (C=O) groups is 3. The lowest BCUT2D eigenvalue weighted by Gasteiger charge is -2.35. The average Bonchev–Trinajstić information content (AvgIpc) is 2.90. The van der Waals surface area contributed by atoms with E-state index < -0.39 is 18.2 Å². The normalized spacial score (nSPS) is 26.9. The van der Waals surface area contributed by atoms with E-state index in [1.807, 2.05) is 57.2 Å². The van der Waals surface area contributed by atoms with Crippen LogP contribution in [-0.2, 0) is 19.1 Å². The molecule has 9 nitrogen and oxygen atoms in total. The third kappa shape index (κ3) is 7.02. The zero-order valence-corrected chi connectivity index (χ0v) is 23.8. The summed E-state index contributed by atoms with van der Waals surface area (Å²) in [6.07, 6.45) is 4.67. The van der Waals surface area contributed by atoms with Crippen molar-refractivity contribution in [2.24, 2.45) is 11.3 Å². The van der Waals surface area contributed by atoms with Crippen molar-refractivity contribution < 1.29 is 19.1 Å². The van der Waals surface area contributed by atoms with Gasteiger partial charge < -0.3 is 15.4 Å². The fourth-order valence-corrected chi connectivity index (χ4v) is 4.85. The Bertz CT molecular complexity index is 1260. The number of hydrogen-bond donors (Lipinski definition) is 3. The van der Waals surface area contributed by atoms with Gasteiger partial charge in [-0.3, -0.25) is 24.4 Å². The van der Waals surface area contributed by atoms with E-state index in [0.29, 0.717) is 26.0 Å². The second-order valence-corrected chi connectivity index (χ2v) is 11.8. The second kappa shape index (κ2) is 11.8. The molecule has 1 fully saturated rings. The zero-order chi connectivity index (χ0) is 28.3. The Balaban J connectivity index is 1.67. The summed E-state index contributed by atoms with van der Waals surface area (Å²) >= 11 is 0. The molecule has 5 bridgehead atoms. The SMILES string of the molecule is CC(C)[C@@H]1OCC(C)(C)C=Cc2ccc3ccc(nc3c2)[C@@H](C)NC(=O)[C@@H]2CCCN(N2)C(=O)[C@H](C)NC1=O.